The third-order valence-corrected chi connectivity index (χ3v) is 3.32. The summed E-state index contributed by atoms with van der Waals surface area (Å²) in [5.74, 6) is 0.293. The van der Waals surface area contributed by atoms with E-state index in [9.17, 15) is 15.3 Å². The van der Waals surface area contributed by atoms with E-state index in [4.69, 9.17) is 0 Å². The van der Waals surface area contributed by atoms with Crippen molar-refractivity contribution in [3.8, 4) is 28.4 Å². The van der Waals surface area contributed by atoms with Gasteiger partial charge in [-0.25, -0.2) is 0 Å². The van der Waals surface area contributed by atoms with Crippen LogP contribution in [0.3, 0.4) is 0 Å². The zero-order valence-electron chi connectivity index (χ0n) is 11.1. The Balaban J connectivity index is 2.69. The van der Waals surface area contributed by atoms with Gasteiger partial charge in [0.15, 0.2) is 0 Å². The summed E-state index contributed by atoms with van der Waals surface area (Å²) >= 11 is 0. The largest absolute Gasteiger partial charge is 0.508 e. The van der Waals surface area contributed by atoms with Crippen LogP contribution in [0.25, 0.3) is 11.1 Å². The first-order valence-corrected chi connectivity index (χ1v) is 6.43. The minimum atomic E-state index is 0.0161. The topological polar surface area (TPSA) is 60.7 Å². The van der Waals surface area contributed by atoms with Crippen LogP contribution in [-0.4, -0.2) is 15.3 Å². The standard InChI is InChI=1S/C16H18O3/c1-3-10-7-14(12(4-2)15(18)8-10)13-6-5-11(17)9-16(13)19/h5-9,17-19H,3-4H2,1-2H3. The highest BCUT2D eigenvalue weighted by molar-refractivity contribution is 5.76. The molecule has 2 aromatic carbocycles. The van der Waals surface area contributed by atoms with Crippen LogP contribution in [0.15, 0.2) is 30.3 Å². The van der Waals surface area contributed by atoms with Crippen molar-refractivity contribution in [2.45, 2.75) is 26.7 Å². The zero-order valence-corrected chi connectivity index (χ0v) is 11.1. The van der Waals surface area contributed by atoms with Crippen molar-refractivity contribution >= 4 is 0 Å². The van der Waals surface area contributed by atoms with Gasteiger partial charge in [-0.1, -0.05) is 19.9 Å². The Morgan fingerprint density at radius 1 is 0.789 bits per heavy atom. The van der Waals surface area contributed by atoms with Crippen molar-refractivity contribution in [3.63, 3.8) is 0 Å². The molecule has 0 saturated heterocycles. The Kier molecular flexibility index (Phi) is 3.65. The van der Waals surface area contributed by atoms with Gasteiger partial charge in [-0.3, -0.25) is 0 Å². The molecule has 0 aliphatic rings. The Labute approximate surface area is 112 Å². The molecule has 0 heterocycles. The van der Waals surface area contributed by atoms with Crippen molar-refractivity contribution in [2.24, 2.45) is 0 Å². The van der Waals surface area contributed by atoms with E-state index in [1.165, 1.54) is 12.1 Å². The maximum Gasteiger partial charge on any atom is 0.127 e. The maximum atomic E-state index is 10.1. The van der Waals surface area contributed by atoms with Crippen molar-refractivity contribution in [3.05, 3.63) is 41.5 Å². The monoisotopic (exact) mass is 258 g/mol. The maximum absolute atomic E-state index is 10.1. The number of aromatic hydroxyl groups is 3. The summed E-state index contributed by atoms with van der Waals surface area (Å²) in [6.45, 7) is 3.97. The van der Waals surface area contributed by atoms with Crippen molar-refractivity contribution in [2.75, 3.05) is 0 Å². The van der Waals surface area contributed by atoms with E-state index in [0.717, 1.165) is 23.1 Å². The summed E-state index contributed by atoms with van der Waals surface area (Å²) in [7, 11) is 0. The van der Waals surface area contributed by atoms with Gasteiger partial charge in [-0.05, 0) is 42.2 Å². The number of phenolic OH excluding ortho intramolecular Hbond substituents is 3. The molecule has 2 rings (SSSR count). The van der Waals surface area contributed by atoms with Crippen LogP contribution in [0.5, 0.6) is 17.2 Å². The van der Waals surface area contributed by atoms with Gasteiger partial charge in [0.2, 0.25) is 0 Å². The molecular formula is C16H18O3. The van der Waals surface area contributed by atoms with Crippen molar-refractivity contribution in [1.29, 1.82) is 0 Å². The molecule has 0 amide bonds. The first kappa shape index (κ1) is 13.3. The molecule has 0 unspecified atom stereocenters. The minimum absolute atomic E-state index is 0.0161. The number of rotatable bonds is 3. The molecule has 0 atom stereocenters. The van der Waals surface area contributed by atoms with Crippen LogP contribution >= 0.6 is 0 Å². The normalized spacial score (nSPS) is 10.6. The number of benzene rings is 2. The van der Waals surface area contributed by atoms with Crippen LogP contribution < -0.4 is 0 Å². The molecule has 0 aliphatic heterocycles. The van der Waals surface area contributed by atoms with Gasteiger partial charge in [0.1, 0.15) is 17.2 Å². The first-order valence-electron chi connectivity index (χ1n) is 6.43. The summed E-state index contributed by atoms with van der Waals surface area (Å²) in [6.07, 6.45) is 1.48. The molecule has 0 saturated carbocycles. The van der Waals surface area contributed by atoms with E-state index >= 15 is 0 Å². The van der Waals surface area contributed by atoms with E-state index in [1.54, 1.807) is 12.1 Å². The van der Waals surface area contributed by atoms with Crippen LogP contribution in [0.2, 0.25) is 0 Å². The van der Waals surface area contributed by atoms with Crippen molar-refractivity contribution < 1.29 is 15.3 Å². The second-order valence-corrected chi connectivity index (χ2v) is 4.55. The quantitative estimate of drug-likeness (QED) is 0.788. The van der Waals surface area contributed by atoms with E-state index in [-0.39, 0.29) is 17.2 Å². The molecule has 3 heteroatoms. The van der Waals surface area contributed by atoms with Gasteiger partial charge in [-0.2, -0.15) is 0 Å². The van der Waals surface area contributed by atoms with Gasteiger partial charge in [0, 0.05) is 17.2 Å². The lowest BCUT2D eigenvalue weighted by Crippen LogP contribution is -1.92. The van der Waals surface area contributed by atoms with E-state index in [0.29, 0.717) is 12.0 Å². The lowest BCUT2D eigenvalue weighted by molar-refractivity contribution is 0.451. The summed E-state index contributed by atoms with van der Waals surface area (Å²) < 4.78 is 0. The molecule has 2 aromatic rings. The van der Waals surface area contributed by atoms with Crippen LogP contribution in [0, 0.1) is 0 Å². The molecule has 100 valence electrons. The number of hydrogen-bond donors (Lipinski definition) is 3. The Morgan fingerprint density at radius 2 is 1.53 bits per heavy atom. The first-order chi connectivity index (χ1) is 9.06. The van der Waals surface area contributed by atoms with E-state index < -0.39 is 0 Å². The Morgan fingerprint density at radius 3 is 2.11 bits per heavy atom. The highest BCUT2D eigenvalue weighted by Crippen LogP contribution is 2.38. The third kappa shape index (κ3) is 2.50. The number of aryl methyl sites for hydroxylation is 1. The predicted octanol–water partition coefficient (Wildman–Crippen LogP) is 3.60. The van der Waals surface area contributed by atoms with E-state index in [1.807, 2.05) is 19.9 Å². The fraction of sp³-hybridized carbons (Fsp3) is 0.250. The molecular weight excluding hydrogens is 240 g/mol. The lowest BCUT2D eigenvalue weighted by Gasteiger charge is -2.14. The van der Waals surface area contributed by atoms with E-state index in [2.05, 4.69) is 0 Å². The molecule has 0 radical (unpaired) electrons. The fourth-order valence-electron chi connectivity index (χ4n) is 2.28. The summed E-state index contributed by atoms with van der Waals surface area (Å²) in [6, 6.07) is 8.25. The third-order valence-electron chi connectivity index (χ3n) is 3.32. The highest BCUT2D eigenvalue weighted by Gasteiger charge is 2.13. The zero-order chi connectivity index (χ0) is 14.0. The number of phenols is 3. The predicted molar refractivity (Wildman–Crippen MR) is 75.6 cm³/mol. The second-order valence-electron chi connectivity index (χ2n) is 4.55. The van der Waals surface area contributed by atoms with Gasteiger partial charge < -0.3 is 15.3 Å². The van der Waals surface area contributed by atoms with Gasteiger partial charge in [0.05, 0.1) is 0 Å². The molecule has 0 bridgehead atoms. The molecule has 3 nitrogen and oxygen atoms in total. The van der Waals surface area contributed by atoms with Gasteiger partial charge in [0.25, 0.3) is 0 Å². The van der Waals surface area contributed by atoms with Gasteiger partial charge >= 0.3 is 0 Å². The Bertz CT molecular complexity index is 603. The fourth-order valence-corrected chi connectivity index (χ4v) is 2.28. The summed E-state index contributed by atoms with van der Waals surface area (Å²) in [5.41, 5.74) is 3.26. The summed E-state index contributed by atoms with van der Waals surface area (Å²) in [5, 5.41) is 29.4. The molecule has 0 aromatic heterocycles. The smallest absolute Gasteiger partial charge is 0.127 e. The lowest BCUT2D eigenvalue weighted by atomic mass is 9.93. The van der Waals surface area contributed by atoms with Crippen molar-refractivity contribution in [1.82, 2.24) is 0 Å². The van der Waals surface area contributed by atoms with Crippen LogP contribution in [-0.2, 0) is 12.8 Å². The van der Waals surface area contributed by atoms with Crippen LogP contribution in [0.1, 0.15) is 25.0 Å². The Hall–Kier alpha value is -2.16. The minimum Gasteiger partial charge on any atom is -0.508 e. The van der Waals surface area contributed by atoms with Gasteiger partial charge in [-0.15, -0.1) is 0 Å². The molecule has 0 fully saturated rings. The SMILES string of the molecule is CCc1cc(O)c(CC)c(-c2ccc(O)cc2O)c1. The average molecular weight is 258 g/mol. The average Bonchev–Trinajstić information content (AvgIpc) is 2.37. The molecule has 0 spiro atoms. The molecule has 3 N–H and O–H groups in total. The second kappa shape index (κ2) is 5.22. The number of hydrogen-bond acceptors (Lipinski definition) is 3. The van der Waals surface area contributed by atoms with Crippen LogP contribution in [0.4, 0.5) is 0 Å². The highest BCUT2D eigenvalue weighted by atomic mass is 16.3. The summed E-state index contributed by atoms with van der Waals surface area (Å²) in [4.78, 5) is 0. The molecule has 0 aliphatic carbocycles. The molecule has 19 heavy (non-hydrogen) atoms.